The predicted octanol–water partition coefficient (Wildman–Crippen LogP) is 18.2. The minimum atomic E-state index is -0.711. The predicted molar refractivity (Wildman–Crippen MR) is 307 cm³/mol. The fraction of sp³-hybridized carbons (Fsp3) is 0.0833. The summed E-state index contributed by atoms with van der Waals surface area (Å²) in [7, 11) is 0. The smallest absolute Gasteiger partial charge is 0.140 e. The second-order valence-corrected chi connectivity index (χ2v) is 20.8. The molecule has 1 aromatic heterocycles. The maximum atomic E-state index is 7.39. The number of allylic oxidation sites excluding steroid dienone is 8. The van der Waals surface area contributed by atoms with E-state index in [0.29, 0.717) is 0 Å². The summed E-state index contributed by atoms with van der Waals surface area (Å²) in [5.74, 6) is 1.87. The van der Waals surface area contributed by atoms with Gasteiger partial charge in [-0.2, -0.15) is 0 Å². The molecular formula is C72H49NO2. The summed E-state index contributed by atoms with van der Waals surface area (Å²) in [5.41, 5.74) is 16.6. The van der Waals surface area contributed by atoms with Gasteiger partial charge in [-0.05, 0) is 92.4 Å². The van der Waals surface area contributed by atoms with Gasteiger partial charge in [-0.3, -0.25) is 0 Å². The number of furan rings is 1. The van der Waals surface area contributed by atoms with Crippen LogP contribution < -0.4 is 9.64 Å². The van der Waals surface area contributed by atoms with Gasteiger partial charge in [-0.15, -0.1) is 0 Å². The highest BCUT2D eigenvalue weighted by atomic mass is 16.5. The average molecular weight is 960 g/mol. The van der Waals surface area contributed by atoms with Crippen LogP contribution in [-0.4, -0.2) is 6.04 Å². The van der Waals surface area contributed by atoms with Crippen LogP contribution in [0, 0.1) is 5.92 Å². The molecule has 2 bridgehead atoms. The van der Waals surface area contributed by atoms with E-state index in [1.165, 1.54) is 50.1 Å². The summed E-state index contributed by atoms with van der Waals surface area (Å²) in [5, 5.41) is 6.76. The molecule has 354 valence electrons. The Bertz CT molecular complexity index is 4230. The molecule has 2 heterocycles. The Labute approximate surface area is 436 Å². The van der Waals surface area contributed by atoms with Crippen LogP contribution in [0.5, 0.6) is 11.5 Å². The molecule has 0 radical (unpaired) electrons. The summed E-state index contributed by atoms with van der Waals surface area (Å²) in [6, 6.07) is 80.7. The molecule has 2 atom stereocenters. The zero-order valence-electron chi connectivity index (χ0n) is 41.2. The molecule has 2 unspecified atom stereocenters. The second-order valence-electron chi connectivity index (χ2n) is 20.8. The lowest BCUT2D eigenvalue weighted by molar-refractivity contribution is 0.447. The summed E-state index contributed by atoms with van der Waals surface area (Å²) in [6.07, 6.45) is 18.7. The Kier molecular flexibility index (Phi) is 9.12. The molecule has 3 nitrogen and oxygen atoms in total. The highest BCUT2D eigenvalue weighted by Crippen LogP contribution is 2.66. The van der Waals surface area contributed by atoms with E-state index in [2.05, 4.69) is 266 Å². The largest absolute Gasteiger partial charge is 0.456 e. The molecule has 10 aromatic carbocycles. The molecule has 5 aliphatic rings. The first-order valence-electron chi connectivity index (χ1n) is 26.4. The third kappa shape index (κ3) is 5.81. The molecule has 75 heavy (non-hydrogen) atoms. The van der Waals surface area contributed by atoms with Gasteiger partial charge in [0.15, 0.2) is 0 Å². The van der Waals surface area contributed by atoms with E-state index in [4.69, 9.17) is 9.15 Å². The number of ether oxygens (including phenoxy) is 1. The lowest BCUT2D eigenvalue weighted by atomic mass is 9.57. The molecule has 0 saturated heterocycles. The second kappa shape index (κ2) is 16.2. The Hall–Kier alpha value is -9.18. The topological polar surface area (TPSA) is 25.6 Å². The third-order valence-electron chi connectivity index (χ3n) is 17.2. The standard InChI is InChI=1S/C72H49NO2/c1-4-22-48-44-51(27-9-1)71(49-23-5-2-6-24-49,50-25-7-3-8-26-50)59-33-18-35-63(67(48)59)73(52-40-41-56-55-30-15-17-37-65(55)74-66(56)45-52)64-36-19-34-60-68(64)57-31-14-16-32-58(57)72(60)61-42-38-46-20-10-12-28-53(46)69(61)75-70-54-29-13-11-21-47(54)39-43-62(70)72/h2-34,36-45,48,63H,1,35H2/b22-4-,27-9-. The van der Waals surface area contributed by atoms with Crippen molar-refractivity contribution in [3.05, 3.63) is 311 Å². The van der Waals surface area contributed by atoms with Gasteiger partial charge in [0.2, 0.25) is 0 Å². The summed E-state index contributed by atoms with van der Waals surface area (Å²) < 4.78 is 14.2. The summed E-state index contributed by atoms with van der Waals surface area (Å²) in [6.45, 7) is 0. The molecule has 0 saturated carbocycles. The van der Waals surface area contributed by atoms with Gasteiger partial charge in [0.25, 0.3) is 0 Å². The first kappa shape index (κ1) is 42.3. The Morgan fingerprint density at radius 1 is 0.467 bits per heavy atom. The van der Waals surface area contributed by atoms with E-state index in [9.17, 15) is 0 Å². The van der Waals surface area contributed by atoms with Gasteiger partial charge in [-0.25, -0.2) is 0 Å². The van der Waals surface area contributed by atoms with Crippen molar-refractivity contribution < 1.29 is 9.15 Å². The van der Waals surface area contributed by atoms with Gasteiger partial charge in [0, 0.05) is 61.6 Å². The Morgan fingerprint density at radius 2 is 1.11 bits per heavy atom. The van der Waals surface area contributed by atoms with Gasteiger partial charge < -0.3 is 14.1 Å². The highest BCUT2D eigenvalue weighted by Gasteiger charge is 2.54. The number of nitrogens with zero attached hydrogens (tertiary/aromatic N) is 1. The maximum absolute atomic E-state index is 7.39. The minimum Gasteiger partial charge on any atom is -0.456 e. The highest BCUT2D eigenvalue weighted by molar-refractivity contribution is 6.07. The van der Waals surface area contributed by atoms with Crippen molar-refractivity contribution >= 4 is 54.9 Å². The number of hydrogen-bond acceptors (Lipinski definition) is 3. The van der Waals surface area contributed by atoms with Gasteiger partial charge in [0.05, 0.1) is 16.9 Å². The lowest BCUT2D eigenvalue weighted by Crippen LogP contribution is -2.44. The average Bonchev–Trinajstić information content (AvgIpc) is 4.07. The molecular weight excluding hydrogens is 911 g/mol. The van der Waals surface area contributed by atoms with E-state index in [1.807, 2.05) is 0 Å². The van der Waals surface area contributed by atoms with E-state index in [0.717, 1.165) is 90.3 Å². The number of benzene rings is 10. The monoisotopic (exact) mass is 959 g/mol. The van der Waals surface area contributed by atoms with Gasteiger partial charge in [0.1, 0.15) is 22.7 Å². The van der Waals surface area contributed by atoms with Crippen LogP contribution in [0.3, 0.4) is 0 Å². The van der Waals surface area contributed by atoms with Crippen LogP contribution in [0.2, 0.25) is 0 Å². The van der Waals surface area contributed by atoms with Crippen LogP contribution in [0.1, 0.15) is 46.2 Å². The fourth-order valence-corrected chi connectivity index (χ4v) is 14.3. The first-order valence-corrected chi connectivity index (χ1v) is 26.4. The normalized spacial score (nSPS) is 19.1. The van der Waals surface area contributed by atoms with Crippen molar-refractivity contribution in [1.29, 1.82) is 0 Å². The number of fused-ring (bicyclic) bond motifs is 18. The van der Waals surface area contributed by atoms with Crippen molar-refractivity contribution in [2.45, 2.75) is 29.7 Å². The Balaban J connectivity index is 1.02. The molecule has 16 rings (SSSR count). The SMILES string of the molecule is C1=CC2=C(C3C=C(/C=C\C/C=C\3)C2(c2ccccc2)c2ccccc2)C(N(c2ccc3c(c2)oc2ccccc23)c2cccc3c2-c2ccccc2C32c3ccc4ccccc4c3Oc3c2ccc2ccccc32)C1. The van der Waals surface area contributed by atoms with Crippen LogP contribution in [0.25, 0.3) is 54.6 Å². The van der Waals surface area contributed by atoms with Crippen molar-refractivity contribution in [3.8, 4) is 22.6 Å². The zero-order chi connectivity index (χ0) is 49.2. The maximum Gasteiger partial charge on any atom is 0.140 e. The van der Waals surface area contributed by atoms with Gasteiger partial charge in [-0.1, -0.05) is 231 Å². The van der Waals surface area contributed by atoms with E-state index in [-0.39, 0.29) is 12.0 Å². The molecule has 4 aliphatic carbocycles. The van der Waals surface area contributed by atoms with E-state index < -0.39 is 10.8 Å². The third-order valence-corrected chi connectivity index (χ3v) is 17.2. The fourth-order valence-electron chi connectivity index (χ4n) is 14.3. The molecule has 11 aromatic rings. The molecule has 1 spiro atoms. The minimum absolute atomic E-state index is 0.0408. The molecule has 0 amide bonds. The summed E-state index contributed by atoms with van der Waals surface area (Å²) >= 11 is 0. The van der Waals surface area contributed by atoms with Crippen molar-refractivity contribution in [1.82, 2.24) is 0 Å². The molecule has 0 N–H and O–H groups in total. The van der Waals surface area contributed by atoms with Crippen molar-refractivity contribution in [2.24, 2.45) is 5.92 Å². The number of anilines is 2. The first-order chi connectivity index (χ1) is 37.2. The number of rotatable bonds is 5. The lowest BCUT2D eigenvalue weighted by Gasteiger charge is -2.49. The number of para-hydroxylation sites is 1. The quantitative estimate of drug-likeness (QED) is 0.161. The van der Waals surface area contributed by atoms with Crippen LogP contribution in [-0.2, 0) is 10.8 Å². The summed E-state index contributed by atoms with van der Waals surface area (Å²) in [4.78, 5) is 2.70. The van der Waals surface area contributed by atoms with Gasteiger partial charge >= 0.3 is 0 Å². The van der Waals surface area contributed by atoms with Crippen molar-refractivity contribution in [2.75, 3.05) is 4.90 Å². The van der Waals surface area contributed by atoms with E-state index in [1.54, 1.807) is 0 Å². The molecule has 0 fully saturated rings. The zero-order valence-corrected chi connectivity index (χ0v) is 41.2. The van der Waals surface area contributed by atoms with Crippen LogP contribution in [0.4, 0.5) is 11.4 Å². The van der Waals surface area contributed by atoms with Crippen LogP contribution >= 0.6 is 0 Å². The molecule has 1 aliphatic heterocycles. The number of hydrogen-bond donors (Lipinski definition) is 0. The van der Waals surface area contributed by atoms with Crippen molar-refractivity contribution in [3.63, 3.8) is 0 Å². The van der Waals surface area contributed by atoms with E-state index >= 15 is 0 Å². The van der Waals surface area contributed by atoms with Crippen LogP contribution in [0.15, 0.2) is 282 Å². The molecule has 3 heteroatoms. The Morgan fingerprint density at radius 3 is 1.85 bits per heavy atom.